The van der Waals surface area contributed by atoms with Crippen molar-refractivity contribution in [1.82, 2.24) is 5.48 Å². The molecule has 0 bridgehead atoms. The van der Waals surface area contributed by atoms with E-state index < -0.39 is 23.5 Å². The van der Waals surface area contributed by atoms with E-state index in [0.29, 0.717) is 29.5 Å². The third-order valence-corrected chi connectivity index (χ3v) is 5.75. The lowest BCUT2D eigenvalue weighted by Crippen LogP contribution is -2.29. The highest BCUT2D eigenvalue weighted by atomic mass is 16.6. The van der Waals surface area contributed by atoms with Gasteiger partial charge in [-0.1, -0.05) is 50.3 Å². The summed E-state index contributed by atoms with van der Waals surface area (Å²) in [5.41, 5.74) is 2.66. The molecule has 3 rings (SSSR count). The van der Waals surface area contributed by atoms with Crippen LogP contribution in [0, 0.1) is 16.7 Å². The van der Waals surface area contributed by atoms with Crippen LogP contribution in [0.15, 0.2) is 72.8 Å². The molecule has 0 heterocycles. The van der Waals surface area contributed by atoms with Crippen LogP contribution in [0.2, 0.25) is 0 Å². The van der Waals surface area contributed by atoms with E-state index in [4.69, 9.17) is 15.2 Å². The number of allylic oxidation sites excluding steroid dienone is 1. The van der Waals surface area contributed by atoms with Gasteiger partial charge in [0.05, 0.1) is 11.6 Å². The van der Waals surface area contributed by atoms with E-state index in [1.807, 2.05) is 38.1 Å². The minimum Gasteiger partial charge on any atom is -0.507 e. The maximum atomic E-state index is 12.9. The molecule has 180 valence electrons. The highest BCUT2D eigenvalue weighted by molar-refractivity contribution is 5.92. The molecule has 0 unspecified atom stereocenters. The summed E-state index contributed by atoms with van der Waals surface area (Å²) in [7, 11) is 0. The third kappa shape index (κ3) is 6.37. The summed E-state index contributed by atoms with van der Waals surface area (Å²) in [6.45, 7) is 3.91. The maximum absolute atomic E-state index is 12.9. The SMILES string of the molecule is CC(C)(CC/C=C/C(=O)NO)[C@H](OC(=O)Nc1ccc(C#N)cc1)c1ccc(O)c2ccccc12. The lowest BCUT2D eigenvalue weighted by Gasteiger charge is -2.35. The van der Waals surface area contributed by atoms with Crippen molar-refractivity contribution in [1.29, 1.82) is 5.26 Å². The van der Waals surface area contributed by atoms with Crippen molar-refractivity contribution >= 4 is 28.5 Å². The number of nitrogens with one attached hydrogen (secondary N) is 2. The van der Waals surface area contributed by atoms with Gasteiger partial charge in [-0.25, -0.2) is 10.3 Å². The van der Waals surface area contributed by atoms with Gasteiger partial charge in [0.2, 0.25) is 0 Å². The molecule has 0 aliphatic heterocycles. The molecule has 0 aliphatic rings. The average molecular weight is 474 g/mol. The Kier molecular flexibility index (Phi) is 8.08. The number of carbonyl (C=O) groups excluding carboxylic acids is 2. The molecule has 2 amide bonds. The second kappa shape index (κ2) is 11.2. The molecule has 0 aliphatic carbocycles. The van der Waals surface area contributed by atoms with Crippen molar-refractivity contribution in [3.63, 3.8) is 0 Å². The first-order chi connectivity index (χ1) is 16.7. The second-order valence-corrected chi connectivity index (χ2v) is 8.72. The largest absolute Gasteiger partial charge is 0.507 e. The first-order valence-corrected chi connectivity index (χ1v) is 11.0. The first kappa shape index (κ1) is 25.3. The van der Waals surface area contributed by atoms with Crippen LogP contribution < -0.4 is 10.8 Å². The van der Waals surface area contributed by atoms with Crippen LogP contribution >= 0.6 is 0 Å². The lowest BCUT2D eigenvalue weighted by atomic mass is 9.77. The number of phenols is 1. The lowest BCUT2D eigenvalue weighted by molar-refractivity contribution is -0.124. The Balaban J connectivity index is 1.91. The van der Waals surface area contributed by atoms with Gasteiger partial charge in [0.1, 0.15) is 11.9 Å². The fourth-order valence-electron chi connectivity index (χ4n) is 3.88. The van der Waals surface area contributed by atoms with E-state index in [9.17, 15) is 14.7 Å². The van der Waals surface area contributed by atoms with Crippen molar-refractivity contribution < 1.29 is 24.6 Å². The van der Waals surface area contributed by atoms with Gasteiger partial charge in [-0.15, -0.1) is 0 Å². The molecular weight excluding hydrogens is 446 g/mol. The Hall–Kier alpha value is -4.35. The number of rotatable bonds is 8. The monoisotopic (exact) mass is 473 g/mol. The average Bonchev–Trinajstić information content (AvgIpc) is 2.86. The number of aromatic hydroxyl groups is 1. The predicted octanol–water partition coefficient (Wildman–Crippen LogP) is 5.57. The summed E-state index contributed by atoms with van der Waals surface area (Å²) in [4.78, 5) is 24.2. The molecule has 4 N–H and O–H groups in total. The Bertz CT molecular complexity index is 1280. The third-order valence-electron chi connectivity index (χ3n) is 5.75. The minimum atomic E-state index is -0.702. The van der Waals surface area contributed by atoms with Crippen LogP contribution in [0.5, 0.6) is 5.75 Å². The molecular formula is C27H27N3O5. The zero-order chi connectivity index (χ0) is 25.4. The van der Waals surface area contributed by atoms with Crippen LogP contribution in [0.25, 0.3) is 10.8 Å². The van der Waals surface area contributed by atoms with Gasteiger partial charge in [-0.3, -0.25) is 15.3 Å². The summed E-state index contributed by atoms with van der Waals surface area (Å²) in [6.07, 6.45) is 2.54. The Labute approximate surface area is 203 Å². The topological polar surface area (TPSA) is 132 Å². The summed E-state index contributed by atoms with van der Waals surface area (Å²) in [6, 6.07) is 19.1. The number of hydrogen-bond acceptors (Lipinski definition) is 6. The number of phenolic OH excluding ortho intramolecular Hbond substituents is 1. The number of hydroxylamine groups is 1. The number of nitriles is 1. The zero-order valence-electron chi connectivity index (χ0n) is 19.5. The van der Waals surface area contributed by atoms with Gasteiger partial charge >= 0.3 is 6.09 Å². The van der Waals surface area contributed by atoms with Crippen molar-refractivity contribution in [3.8, 4) is 11.8 Å². The van der Waals surface area contributed by atoms with Crippen LogP contribution in [-0.4, -0.2) is 22.3 Å². The van der Waals surface area contributed by atoms with Crippen LogP contribution in [0.1, 0.15) is 43.9 Å². The van der Waals surface area contributed by atoms with Crippen molar-refractivity contribution in [3.05, 3.63) is 83.9 Å². The van der Waals surface area contributed by atoms with Crippen LogP contribution in [0.4, 0.5) is 10.5 Å². The molecule has 0 radical (unpaired) electrons. The van der Waals surface area contributed by atoms with Gasteiger partial charge in [-0.2, -0.15) is 5.26 Å². The van der Waals surface area contributed by atoms with Crippen LogP contribution in [0.3, 0.4) is 0 Å². The van der Waals surface area contributed by atoms with Crippen molar-refractivity contribution in [2.75, 3.05) is 5.32 Å². The normalized spacial score (nSPS) is 12.2. The van der Waals surface area contributed by atoms with E-state index in [1.54, 1.807) is 54.0 Å². The van der Waals surface area contributed by atoms with Crippen LogP contribution in [-0.2, 0) is 9.53 Å². The predicted molar refractivity (Wildman–Crippen MR) is 132 cm³/mol. The van der Waals surface area contributed by atoms with Gasteiger partial charge in [0.25, 0.3) is 5.91 Å². The van der Waals surface area contributed by atoms with Crippen molar-refractivity contribution in [2.24, 2.45) is 5.41 Å². The van der Waals surface area contributed by atoms with E-state index in [1.165, 1.54) is 6.08 Å². The minimum absolute atomic E-state index is 0.126. The van der Waals surface area contributed by atoms with Gasteiger partial charge in [0, 0.05) is 28.1 Å². The number of nitrogens with zero attached hydrogens (tertiary/aromatic N) is 1. The standard InChI is InChI=1S/C27H27N3O5/c1-27(2,16-6-5-9-24(32)30-34)25(22-14-15-23(31)21-8-4-3-7-20(21)22)35-26(33)29-19-12-10-18(17-28)11-13-19/h3-5,7-15,25,31,34H,6,16H2,1-2H3,(H,29,33)(H,30,32)/b9-5+/t25-/m1/s1. The summed E-state index contributed by atoms with van der Waals surface area (Å²) in [5.74, 6) is -0.497. The molecule has 0 aromatic heterocycles. The van der Waals surface area contributed by atoms with E-state index in [-0.39, 0.29) is 5.75 Å². The molecule has 8 heteroatoms. The fourth-order valence-corrected chi connectivity index (χ4v) is 3.88. The summed E-state index contributed by atoms with van der Waals surface area (Å²) < 4.78 is 5.97. The van der Waals surface area contributed by atoms with Gasteiger partial charge < -0.3 is 9.84 Å². The molecule has 35 heavy (non-hydrogen) atoms. The van der Waals surface area contributed by atoms with Gasteiger partial charge in [-0.05, 0) is 48.6 Å². The summed E-state index contributed by atoms with van der Waals surface area (Å²) in [5, 5.41) is 32.1. The molecule has 0 fully saturated rings. The highest BCUT2D eigenvalue weighted by Gasteiger charge is 2.35. The van der Waals surface area contributed by atoms with Gasteiger partial charge in [0.15, 0.2) is 0 Å². The molecule has 3 aromatic rings. The molecule has 1 atom stereocenters. The second-order valence-electron chi connectivity index (χ2n) is 8.72. The van der Waals surface area contributed by atoms with E-state index >= 15 is 0 Å². The molecule has 8 nitrogen and oxygen atoms in total. The number of amides is 2. The van der Waals surface area contributed by atoms with Crippen molar-refractivity contribution in [2.45, 2.75) is 32.8 Å². The number of fused-ring (bicyclic) bond motifs is 1. The Morgan fingerprint density at radius 1 is 1.09 bits per heavy atom. The Morgan fingerprint density at radius 2 is 1.77 bits per heavy atom. The highest BCUT2D eigenvalue weighted by Crippen LogP contribution is 2.44. The summed E-state index contributed by atoms with van der Waals surface area (Å²) >= 11 is 0. The fraction of sp³-hybridized carbons (Fsp3) is 0.222. The maximum Gasteiger partial charge on any atom is 0.412 e. The molecule has 3 aromatic carbocycles. The van der Waals surface area contributed by atoms with E-state index in [0.717, 1.165) is 10.9 Å². The smallest absolute Gasteiger partial charge is 0.412 e. The number of carbonyl (C=O) groups is 2. The first-order valence-electron chi connectivity index (χ1n) is 11.0. The number of anilines is 1. The number of hydrogen-bond donors (Lipinski definition) is 4. The Morgan fingerprint density at radius 3 is 2.43 bits per heavy atom. The zero-order valence-corrected chi connectivity index (χ0v) is 19.5. The molecule has 0 saturated heterocycles. The quantitative estimate of drug-likeness (QED) is 0.192. The number of ether oxygens (including phenoxy) is 1. The number of benzene rings is 3. The molecule has 0 spiro atoms. The van der Waals surface area contributed by atoms with E-state index in [2.05, 4.69) is 5.32 Å². The molecule has 0 saturated carbocycles.